The lowest BCUT2D eigenvalue weighted by molar-refractivity contribution is -0.385. The topological polar surface area (TPSA) is 110 Å². The van der Waals surface area contributed by atoms with Gasteiger partial charge < -0.3 is 15.9 Å². The molecule has 0 radical (unpaired) electrons. The zero-order valence-corrected chi connectivity index (χ0v) is 12.9. The summed E-state index contributed by atoms with van der Waals surface area (Å²) in [4.78, 5) is 9.80. The molecule has 0 aliphatic rings. The predicted molar refractivity (Wildman–Crippen MR) is 85.8 cm³/mol. The van der Waals surface area contributed by atoms with Crippen LogP contribution in [-0.2, 0) is 13.2 Å². The Morgan fingerprint density at radius 2 is 1.50 bits per heavy atom. The molecule has 0 saturated carbocycles. The van der Waals surface area contributed by atoms with E-state index in [1.165, 1.54) is 18.2 Å². The van der Waals surface area contributed by atoms with E-state index in [1.807, 2.05) is 0 Å². The molecule has 2 rings (SSSR count). The first kappa shape index (κ1) is 18.2. The van der Waals surface area contributed by atoms with E-state index in [0.717, 1.165) is 0 Å². The van der Waals surface area contributed by atoms with Gasteiger partial charge >= 0.3 is 0 Å². The first-order valence-corrected chi connectivity index (χ1v) is 6.83. The van der Waals surface area contributed by atoms with Crippen molar-refractivity contribution in [1.29, 1.82) is 0 Å². The minimum atomic E-state index is -0.572. The van der Waals surface area contributed by atoms with Gasteiger partial charge in [-0.3, -0.25) is 10.1 Å². The number of nitro groups is 1. The van der Waals surface area contributed by atoms with Crippen LogP contribution in [0.15, 0.2) is 36.4 Å². The number of anilines is 1. The van der Waals surface area contributed by atoms with Crippen molar-refractivity contribution in [3.05, 3.63) is 67.7 Å². The number of nitrogen functional groups attached to an aromatic ring is 1. The van der Waals surface area contributed by atoms with E-state index in [-0.39, 0.29) is 24.5 Å². The molecule has 6 nitrogen and oxygen atoms in total. The van der Waals surface area contributed by atoms with Gasteiger partial charge in [0.2, 0.25) is 0 Å². The number of halogens is 2. The predicted octanol–water partition coefficient (Wildman–Crippen LogP) is 3.16. The van der Waals surface area contributed by atoms with Crippen molar-refractivity contribution < 1.29 is 15.1 Å². The van der Waals surface area contributed by atoms with Crippen LogP contribution in [-0.4, -0.2) is 15.1 Å². The smallest absolute Gasteiger partial charge is 0.276 e. The van der Waals surface area contributed by atoms with Crippen LogP contribution >= 0.6 is 23.2 Å². The molecule has 0 fully saturated rings. The fourth-order valence-corrected chi connectivity index (χ4v) is 1.90. The first-order chi connectivity index (χ1) is 10.4. The Bertz CT molecular complexity index is 665. The third-order valence-corrected chi connectivity index (χ3v) is 3.16. The van der Waals surface area contributed by atoms with E-state index in [1.54, 1.807) is 18.2 Å². The molecule has 0 aliphatic carbocycles. The van der Waals surface area contributed by atoms with E-state index in [9.17, 15) is 10.1 Å². The Labute approximate surface area is 136 Å². The van der Waals surface area contributed by atoms with Gasteiger partial charge in [-0.05, 0) is 24.3 Å². The van der Waals surface area contributed by atoms with Gasteiger partial charge in [-0.25, -0.2) is 0 Å². The zero-order chi connectivity index (χ0) is 16.7. The maximum absolute atomic E-state index is 10.4. The van der Waals surface area contributed by atoms with Crippen molar-refractivity contribution in [3.8, 4) is 0 Å². The van der Waals surface area contributed by atoms with E-state index >= 15 is 0 Å². The molecule has 0 aliphatic heterocycles. The first-order valence-electron chi connectivity index (χ1n) is 6.07. The molecule has 0 saturated heterocycles. The van der Waals surface area contributed by atoms with Crippen molar-refractivity contribution >= 4 is 34.6 Å². The molecule has 22 heavy (non-hydrogen) atoms. The van der Waals surface area contributed by atoms with Crippen LogP contribution in [0.4, 0.5) is 11.4 Å². The largest absolute Gasteiger partial charge is 0.398 e. The molecule has 0 unspecified atom stereocenters. The summed E-state index contributed by atoms with van der Waals surface area (Å²) in [6.07, 6.45) is 0. The van der Waals surface area contributed by atoms with Crippen LogP contribution in [0.5, 0.6) is 0 Å². The molecule has 0 aromatic heterocycles. The molecule has 2 aromatic rings. The fraction of sp³-hybridized carbons (Fsp3) is 0.143. The van der Waals surface area contributed by atoms with Gasteiger partial charge in [0.1, 0.15) is 0 Å². The summed E-state index contributed by atoms with van der Waals surface area (Å²) in [6, 6.07) is 9.17. The van der Waals surface area contributed by atoms with Gasteiger partial charge in [0.05, 0.1) is 23.7 Å². The molecule has 0 bridgehead atoms. The Morgan fingerprint density at radius 3 is 1.95 bits per heavy atom. The van der Waals surface area contributed by atoms with Gasteiger partial charge in [-0.15, -0.1) is 0 Å². The molecule has 0 spiro atoms. The van der Waals surface area contributed by atoms with Gasteiger partial charge in [0.15, 0.2) is 0 Å². The summed E-state index contributed by atoms with van der Waals surface area (Å²) < 4.78 is 0. The third kappa shape index (κ3) is 5.16. The maximum atomic E-state index is 10.4. The Balaban J connectivity index is 0.000000224. The summed E-state index contributed by atoms with van der Waals surface area (Å²) in [7, 11) is 0. The number of rotatable bonds is 3. The van der Waals surface area contributed by atoms with Gasteiger partial charge in [0, 0.05) is 27.4 Å². The van der Waals surface area contributed by atoms with Crippen LogP contribution < -0.4 is 5.73 Å². The van der Waals surface area contributed by atoms with E-state index in [2.05, 4.69) is 0 Å². The van der Waals surface area contributed by atoms with Crippen LogP contribution in [0.1, 0.15) is 11.1 Å². The summed E-state index contributed by atoms with van der Waals surface area (Å²) in [5.74, 6) is 0. The average Bonchev–Trinajstić information content (AvgIpc) is 2.48. The van der Waals surface area contributed by atoms with Crippen molar-refractivity contribution in [3.63, 3.8) is 0 Å². The highest BCUT2D eigenvalue weighted by Gasteiger charge is 2.12. The highest BCUT2D eigenvalue weighted by molar-refractivity contribution is 6.31. The van der Waals surface area contributed by atoms with Gasteiger partial charge in [0.25, 0.3) is 5.69 Å². The Morgan fingerprint density at radius 1 is 1.00 bits per heavy atom. The number of nitro benzene ring substituents is 1. The van der Waals surface area contributed by atoms with Crippen molar-refractivity contribution in [2.24, 2.45) is 0 Å². The number of aliphatic hydroxyl groups excluding tert-OH is 2. The van der Waals surface area contributed by atoms with Crippen molar-refractivity contribution in [2.75, 3.05) is 5.73 Å². The minimum Gasteiger partial charge on any atom is -0.398 e. The molecule has 0 amide bonds. The highest BCUT2D eigenvalue weighted by Crippen LogP contribution is 2.22. The maximum Gasteiger partial charge on any atom is 0.276 e. The summed E-state index contributed by atoms with van der Waals surface area (Å²) >= 11 is 11.1. The Kier molecular flexibility index (Phi) is 7.07. The standard InChI is InChI=1S/C7H6ClNO3.C7H8ClNO/c8-6-2-1-5(4-10)7(3-6)9(11)12;8-6-2-1-5(4-10)7(9)3-6/h1-3,10H,4H2;1-3,10H,4,9H2. The third-order valence-electron chi connectivity index (χ3n) is 2.69. The van der Waals surface area contributed by atoms with Crippen molar-refractivity contribution in [1.82, 2.24) is 0 Å². The molecule has 2 aromatic carbocycles. The monoisotopic (exact) mass is 344 g/mol. The molecule has 118 valence electrons. The molecule has 8 heteroatoms. The van der Waals surface area contributed by atoms with Gasteiger partial charge in [-0.1, -0.05) is 29.3 Å². The lowest BCUT2D eigenvalue weighted by Crippen LogP contribution is -1.94. The lowest BCUT2D eigenvalue weighted by atomic mass is 10.2. The normalized spacial score (nSPS) is 9.82. The summed E-state index contributed by atoms with van der Waals surface area (Å²) in [6.45, 7) is -0.392. The molecular formula is C14H14Cl2N2O4. The second-order valence-corrected chi connectivity index (χ2v) is 5.06. The molecule has 4 N–H and O–H groups in total. The average molecular weight is 345 g/mol. The number of nitrogens with zero attached hydrogens (tertiary/aromatic N) is 1. The van der Waals surface area contributed by atoms with E-state index in [4.69, 9.17) is 39.1 Å². The summed E-state index contributed by atoms with van der Waals surface area (Å²) in [5.41, 5.74) is 6.86. The van der Waals surface area contributed by atoms with E-state index < -0.39 is 4.92 Å². The quantitative estimate of drug-likeness (QED) is 0.450. The number of aliphatic hydroxyl groups is 2. The molecular weight excluding hydrogens is 331 g/mol. The second-order valence-electron chi connectivity index (χ2n) is 4.19. The minimum absolute atomic E-state index is 0.0387. The number of benzene rings is 2. The van der Waals surface area contributed by atoms with Gasteiger partial charge in [-0.2, -0.15) is 0 Å². The highest BCUT2D eigenvalue weighted by atomic mass is 35.5. The van der Waals surface area contributed by atoms with Crippen LogP contribution in [0.2, 0.25) is 10.0 Å². The number of nitrogens with two attached hydrogens (primary N) is 1. The zero-order valence-electron chi connectivity index (χ0n) is 11.4. The fourth-order valence-electron chi connectivity index (χ4n) is 1.55. The van der Waals surface area contributed by atoms with Crippen LogP contribution in [0, 0.1) is 10.1 Å². The number of hydrogen-bond acceptors (Lipinski definition) is 5. The van der Waals surface area contributed by atoms with Crippen LogP contribution in [0.25, 0.3) is 0 Å². The molecule has 0 atom stereocenters. The van der Waals surface area contributed by atoms with Crippen molar-refractivity contribution in [2.45, 2.75) is 13.2 Å². The number of hydrogen-bond donors (Lipinski definition) is 3. The SMILES string of the molecule is Nc1cc(Cl)ccc1CO.O=[N+]([O-])c1cc(Cl)ccc1CO. The second kappa shape index (κ2) is 8.55. The van der Waals surface area contributed by atoms with Crippen LogP contribution in [0.3, 0.4) is 0 Å². The Hall–Kier alpha value is -1.86. The lowest BCUT2D eigenvalue weighted by Gasteiger charge is -2.00. The summed E-state index contributed by atoms with van der Waals surface area (Å²) in [5, 5.41) is 28.6. The molecule has 0 heterocycles. The van der Waals surface area contributed by atoms with E-state index in [0.29, 0.717) is 21.3 Å².